The van der Waals surface area contributed by atoms with Gasteiger partial charge in [-0.25, -0.2) is 0 Å². The molecule has 0 N–H and O–H groups in total. The molecule has 1 aliphatic rings. The minimum absolute atomic E-state index is 0.0299. The highest BCUT2D eigenvalue weighted by molar-refractivity contribution is 8.18. The molecule has 1 aliphatic heterocycles. The lowest BCUT2D eigenvalue weighted by Gasteiger charge is -2.13. The molecule has 1 aromatic carbocycles. The summed E-state index contributed by atoms with van der Waals surface area (Å²) in [4.78, 5) is 37.0. The van der Waals surface area contributed by atoms with Crippen molar-refractivity contribution in [3.63, 3.8) is 0 Å². The first-order valence-corrected chi connectivity index (χ1v) is 9.58. The number of carbonyl (C=O) groups excluding carboxylic acids is 3. The van der Waals surface area contributed by atoms with Gasteiger partial charge in [-0.15, -0.1) is 0 Å². The standard InChI is InChI=1S/C20H16F3NO5S/c1-11(2)28-17(25)10-24-18(26)16(30-19(24)27)9-14-6-7-15(29-14)12-4-3-5-13(8-12)20(21,22)23/h3-9,11H,10H2,1-2H3/b16-9-. The molecule has 158 valence electrons. The van der Waals surface area contributed by atoms with Crippen LogP contribution in [0.4, 0.5) is 18.0 Å². The summed E-state index contributed by atoms with van der Waals surface area (Å²) < 4.78 is 49.1. The van der Waals surface area contributed by atoms with E-state index in [9.17, 15) is 27.6 Å². The van der Waals surface area contributed by atoms with Gasteiger partial charge in [0.2, 0.25) is 0 Å². The number of furan rings is 1. The Labute approximate surface area is 173 Å². The number of thioether (sulfide) groups is 1. The Morgan fingerprint density at radius 1 is 1.23 bits per heavy atom. The summed E-state index contributed by atoms with van der Waals surface area (Å²) in [6.07, 6.45) is -3.57. The molecular formula is C20H16F3NO5S. The Balaban J connectivity index is 1.77. The molecule has 0 saturated carbocycles. The van der Waals surface area contributed by atoms with Crippen LogP contribution in [-0.4, -0.2) is 34.7 Å². The molecule has 0 aliphatic carbocycles. The average molecular weight is 439 g/mol. The molecule has 0 bridgehead atoms. The molecular weight excluding hydrogens is 423 g/mol. The van der Waals surface area contributed by atoms with Crippen LogP contribution in [0.25, 0.3) is 17.4 Å². The lowest BCUT2D eigenvalue weighted by atomic mass is 10.1. The fraction of sp³-hybridized carbons (Fsp3) is 0.250. The summed E-state index contributed by atoms with van der Waals surface area (Å²) in [6.45, 7) is 2.78. The van der Waals surface area contributed by atoms with Gasteiger partial charge in [0.1, 0.15) is 18.1 Å². The van der Waals surface area contributed by atoms with Crippen molar-refractivity contribution in [2.45, 2.75) is 26.1 Å². The first kappa shape index (κ1) is 21.7. The number of carbonyl (C=O) groups is 3. The average Bonchev–Trinajstić information content (AvgIpc) is 3.21. The minimum atomic E-state index is -4.49. The van der Waals surface area contributed by atoms with E-state index < -0.39 is 35.4 Å². The zero-order chi connectivity index (χ0) is 22.1. The Hall–Kier alpha value is -3.01. The molecule has 2 amide bonds. The number of ether oxygens (including phenoxy) is 1. The van der Waals surface area contributed by atoms with Crippen LogP contribution < -0.4 is 0 Å². The van der Waals surface area contributed by atoms with Crippen LogP contribution in [0, 0.1) is 0 Å². The van der Waals surface area contributed by atoms with E-state index in [-0.39, 0.29) is 28.1 Å². The van der Waals surface area contributed by atoms with Crippen molar-refractivity contribution in [2.75, 3.05) is 6.54 Å². The quantitative estimate of drug-likeness (QED) is 0.485. The Morgan fingerprint density at radius 2 is 1.97 bits per heavy atom. The zero-order valence-corrected chi connectivity index (χ0v) is 16.7. The topological polar surface area (TPSA) is 76.8 Å². The maximum absolute atomic E-state index is 12.9. The summed E-state index contributed by atoms with van der Waals surface area (Å²) >= 11 is 0.630. The highest BCUT2D eigenvalue weighted by atomic mass is 32.2. The highest BCUT2D eigenvalue weighted by Gasteiger charge is 2.37. The Kier molecular flexibility index (Phi) is 6.06. The van der Waals surface area contributed by atoms with E-state index in [4.69, 9.17) is 9.15 Å². The van der Waals surface area contributed by atoms with Gasteiger partial charge in [0.05, 0.1) is 16.6 Å². The van der Waals surface area contributed by atoms with Gasteiger partial charge in [-0.1, -0.05) is 12.1 Å². The lowest BCUT2D eigenvalue weighted by Crippen LogP contribution is -2.35. The molecule has 2 heterocycles. The van der Waals surface area contributed by atoms with Crippen molar-refractivity contribution in [3.8, 4) is 11.3 Å². The smallest absolute Gasteiger partial charge is 0.416 e. The second kappa shape index (κ2) is 8.39. The summed E-state index contributed by atoms with van der Waals surface area (Å²) in [5.41, 5.74) is -0.596. The summed E-state index contributed by atoms with van der Waals surface area (Å²) in [6, 6.07) is 7.57. The van der Waals surface area contributed by atoms with E-state index >= 15 is 0 Å². The maximum atomic E-state index is 12.9. The highest BCUT2D eigenvalue weighted by Crippen LogP contribution is 2.35. The van der Waals surface area contributed by atoms with Crippen molar-refractivity contribution >= 4 is 35.0 Å². The predicted octanol–water partition coefficient (Wildman–Crippen LogP) is 4.95. The number of rotatable bonds is 5. The number of benzene rings is 1. The summed E-state index contributed by atoms with van der Waals surface area (Å²) in [5, 5.41) is -0.628. The van der Waals surface area contributed by atoms with Crippen molar-refractivity contribution < 1.29 is 36.7 Å². The van der Waals surface area contributed by atoms with E-state index in [0.717, 1.165) is 17.0 Å². The number of hydrogen-bond donors (Lipinski definition) is 0. The third-order valence-electron chi connectivity index (χ3n) is 3.90. The lowest BCUT2D eigenvalue weighted by molar-refractivity contribution is -0.149. The molecule has 10 heteroatoms. The Bertz CT molecular complexity index is 1030. The van der Waals surface area contributed by atoms with Crippen LogP contribution in [-0.2, 0) is 20.5 Å². The first-order valence-electron chi connectivity index (χ1n) is 8.77. The van der Waals surface area contributed by atoms with Gasteiger partial charge in [-0.2, -0.15) is 13.2 Å². The number of halogens is 3. The number of imide groups is 1. The fourth-order valence-corrected chi connectivity index (χ4v) is 3.45. The van der Waals surface area contributed by atoms with Crippen molar-refractivity contribution in [1.82, 2.24) is 4.90 Å². The molecule has 2 aromatic rings. The monoisotopic (exact) mass is 439 g/mol. The number of amides is 2. The summed E-state index contributed by atoms with van der Waals surface area (Å²) in [5.74, 6) is -1.04. The molecule has 30 heavy (non-hydrogen) atoms. The van der Waals surface area contributed by atoms with E-state index in [2.05, 4.69) is 0 Å². The van der Waals surface area contributed by atoms with Crippen LogP contribution in [0.3, 0.4) is 0 Å². The van der Waals surface area contributed by atoms with Gasteiger partial charge < -0.3 is 9.15 Å². The predicted molar refractivity (Wildman–Crippen MR) is 103 cm³/mol. The molecule has 3 rings (SSSR count). The largest absolute Gasteiger partial charge is 0.462 e. The third kappa shape index (κ3) is 4.93. The van der Waals surface area contributed by atoms with Crippen LogP contribution in [0.2, 0.25) is 0 Å². The van der Waals surface area contributed by atoms with Crippen molar-refractivity contribution in [1.29, 1.82) is 0 Å². The van der Waals surface area contributed by atoms with Crippen molar-refractivity contribution in [2.24, 2.45) is 0 Å². The molecule has 0 atom stereocenters. The minimum Gasteiger partial charge on any atom is -0.462 e. The molecule has 0 radical (unpaired) electrons. The second-order valence-electron chi connectivity index (χ2n) is 6.59. The van der Waals surface area contributed by atoms with E-state index in [1.165, 1.54) is 30.3 Å². The van der Waals surface area contributed by atoms with Crippen LogP contribution in [0.15, 0.2) is 45.7 Å². The van der Waals surface area contributed by atoms with Crippen LogP contribution in [0.1, 0.15) is 25.2 Å². The molecule has 1 fully saturated rings. The maximum Gasteiger partial charge on any atom is 0.416 e. The Morgan fingerprint density at radius 3 is 2.63 bits per heavy atom. The number of esters is 1. The molecule has 1 aromatic heterocycles. The fourth-order valence-electron chi connectivity index (χ4n) is 2.63. The molecule has 6 nitrogen and oxygen atoms in total. The van der Waals surface area contributed by atoms with Gasteiger partial charge in [0, 0.05) is 11.6 Å². The molecule has 0 spiro atoms. The number of alkyl halides is 3. The van der Waals surface area contributed by atoms with Crippen LogP contribution >= 0.6 is 11.8 Å². The van der Waals surface area contributed by atoms with Gasteiger partial charge in [-0.3, -0.25) is 19.3 Å². The summed E-state index contributed by atoms with van der Waals surface area (Å²) in [7, 11) is 0. The van der Waals surface area contributed by atoms with Crippen molar-refractivity contribution in [3.05, 3.63) is 52.6 Å². The van der Waals surface area contributed by atoms with Gasteiger partial charge in [-0.05, 0) is 49.9 Å². The van der Waals surface area contributed by atoms with E-state index in [0.29, 0.717) is 11.8 Å². The van der Waals surface area contributed by atoms with Gasteiger partial charge >= 0.3 is 12.1 Å². The van der Waals surface area contributed by atoms with Crippen LogP contribution in [0.5, 0.6) is 0 Å². The normalized spacial score (nSPS) is 16.1. The van der Waals surface area contributed by atoms with Gasteiger partial charge in [0.15, 0.2) is 0 Å². The second-order valence-corrected chi connectivity index (χ2v) is 7.58. The van der Waals surface area contributed by atoms with E-state index in [1.807, 2.05) is 0 Å². The third-order valence-corrected chi connectivity index (χ3v) is 4.81. The first-order chi connectivity index (χ1) is 14.0. The zero-order valence-electron chi connectivity index (χ0n) is 15.9. The van der Waals surface area contributed by atoms with E-state index in [1.54, 1.807) is 13.8 Å². The number of hydrogen-bond acceptors (Lipinski definition) is 6. The molecule has 0 unspecified atom stereocenters. The number of nitrogens with zero attached hydrogens (tertiary/aromatic N) is 1. The van der Waals surface area contributed by atoms with Gasteiger partial charge in [0.25, 0.3) is 11.1 Å². The SMILES string of the molecule is CC(C)OC(=O)CN1C(=O)S/C(=C\c2ccc(-c3cccc(C(F)(F)F)c3)o2)C1=O. The molecule has 1 saturated heterocycles.